The summed E-state index contributed by atoms with van der Waals surface area (Å²) in [7, 11) is 0. The lowest BCUT2D eigenvalue weighted by Gasteiger charge is -2.12. The number of fused-ring (bicyclic) bond motifs is 1. The Morgan fingerprint density at radius 1 is 1.43 bits per heavy atom. The van der Waals surface area contributed by atoms with E-state index in [1.165, 1.54) is 6.07 Å². The van der Waals surface area contributed by atoms with Gasteiger partial charge in [0.15, 0.2) is 5.78 Å². The zero-order valence-electron chi connectivity index (χ0n) is 8.03. The fourth-order valence-corrected chi connectivity index (χ4v) is 2.30. The molecule has 1 aromatic rings. The van der Waals surface area contributed by atoms with Crippen LogP contribution in [-0.4, -0.2) is 5.78 Å². The average molecular weight is 257 g/mol. The van der Waals surface area contributed by atoms with Crippen molar-refractivity contribution >= 4 is 21.7 Å². The van der Waals surface area contributed by atoms with Gasteiger partial charge in [-0.2, -0.15) is 0 Å². The van der Waals surface area contributed by atoms with E-state index in [0.717, 1.165) is 0 Å². The lowest BCUT2D eigenvalue weighted by atomic mass is 9.89. The molecule has 1 aliphatic carbocycles. The van der Waals surface area contributed by atoms with Crippen molar-refractivity contribution < 1.29 is 9.18 Å². The molecule has 1 nitrogen and oxygen atoms in total. The molecule has 0 aliphatic heterocycles. The number of hydrogen-bond donors (Lipinski definition) is 0. The van der Waals surface area contributed by atoms with Crippen molar-refractivity contribution in [3.05, 3.63) is 33.5 Å². The van der Waals surface area contributed by atoms with Crippen molar-refractivity contribution in [1.29, 1.82) is 0 Å². The molecule has 3 heteroatoms. The van der Waals surface area contributed by atoms with E-state index in [4.69, 9.17) is 0 Å². The van der Waals surface area contributed by atoms with Crippen molar-refractivity contribution in [1.82, 2.24) is 0 Å². The van der Waals surface area contributed by atoms with Crippen LogP contribution in [-0.2, 0) is 6.42 Å². The Morgan fingerprint density at radius 2 is 2.07 bits per heavy atom. The molecule has 74 valence electrons. The van der Waals surface area contributed by atoms with Crippen LogP contribution in [0.15, 0.2) is 16.6 Å². The van der Waals surface area contributed by atoms with Crippen molar-refractivity contribution in [2.24, 2.45) is 5.41 Å². The fraction of sp³-hybridized carbons (Fsp3) is 0.364. The standard InChI is InChI=1S/C11H10BrFO/c1-11(2)5-8-7(10(11)14)3-6(12)4-9(8)13/h3-4H,5H2,1-2H3. The third-order valence-corrected chi connectivity index (χ3v) is 3.10. The second-order valence-electron chi connectivity index (χ2n) is 4.30. The van der Waals surface area contributed by atoms with Crippen LogP contribution in [0.1, 0.15) is 29.8 Å². The summed E-state index contributed by atoms with van der Waals surface area (Å²) in [6, 6.07) is 3.11. The largest absolute Gasteiger partial charge is 0.294 e. The van der Waals surface area contributed by atoms with Crippen LogP contribution in [0.25, 0.3) is 0 Å². The van der Waals surface area contributed by atoms with E-state index in [0.29, 0.717) is 22.0 Å². The number of hydrogen-bond acceptors (Lipinski definition) is 1. The number of carbonyl (C=O) groups is 1. The molecule has 0 saturated heterocycles. The molecule has 0 atom stereocenters. The Morgan fingerprint density at radius 3 is 2.71 bits per heavy atom. The fourth-order valence-electron chi connectivity index (χ4n) is 1.87. The minimum absolute atomic E-state index is 0.0349. The van der Waals surface area contributed by atoms with Gasteiger partial charge in [-0.25, -0.2) is 4.39 Å². The number of benzene rings is 1. The second kappa shape index (κ2) is 2.89. The molecule has 0 saturated carbocycles. The van der Waals surface area contributed by atoms with Crippen LogP contribution in [0.5, 0.6) is 0 Å². The quantitative estimate of drug-likeness (QED) is 0.696. The van der Waals surface area contributed by atoms with Crippen molar-refractivity contribution in [3.8, 4) is 0 Å². The first kappa shape index (κ1) is 9.84. The summed E-state index contributed by atoms with van der Waals surface area (Å²) in [5.41, 5.74) is 0.634. The topological polar surface area (TPSA) is 17.1 Å². The van der Waals surface area contributed by atoms with Crippen LogP contribution in [0, 0.1) is 11.2 Å². The number of halogens is 2. The van der Waals surface area contributed by atoms with Crippen molar-refractivity contribution in [2.45, 2.75) is 20.3 Å². The van der Waals surface area contributed by atoms with Crippen LogP contribution < -0.4 is 0 Å². The van der Waals surface area contributed by atoms with Gasteiger partial charge in [0.05, 0.1) is 0 Å². The summed E-state index contributed by atoms with van der Waals surface area (Å²) in [6.45, 7) is 3.70. The first-order chi connectivity index (χ1) is 6.42. The molecule has 0 unspecified atom stereocenters. The first-order valence-electron chi connectivity index (χ1n) is 4.44. The summed E-state index contributed by atoms with van der Waals surface area (Å²) < 4.78 is 14.1. The van der Waals surface area contributed by atoms with E-state index in [2.05, 4.69) is 15.9 Å². The van der Waals surface area contributed by atoms with Gasteiger partial charge < -0.3 is 0 Å². The van der Waals surface area contributed by atoms with Gasteiger partial charge >= 0.3 is 0 Å². The summed E-state index contributed by atoms with van der Waals surface area (Å²) in [5.74, 6) is -0.249. The SMILES string of the molecule is CC1(C)Cc2c(F)cc(Br)cc2C1=O. The van der Waals surface area contributed by atoms with E-state index in [-0.39, 0.29) is 11.6 Å². The van der Waals surface area contributed by atoms with Gasteiger partial charge in [-0.3, -0.25) is 4.79 Å². The highest BCUT2D eigenvalue weighted by atomic mass is 79.9. The highest BCUT2D eigenvalue weighted by Crippen LogP contribution is 2.38. The molecule has 0 bridgehead atoms. The summed E-state index contributed by atoms with van der Waals surface area (Å²) in [5, 5.41) is 0. The van der Waals surface area contributed by atoms with Crippen LogP contribution in [0.3, 0.4) is 0 Å². The Bertz CT molecular complexity index is 424. The zero-order valence-corrected chi connectivity index (χ0v) is 9.61. The molecule has 0 fully saturated rings. The predicted octanol–water partition coefficient (Wildman–Crippen LogP) is 3.35. The molecule has 1 aliphatic rings. The Labute approximate surface area is 90.4 Å². The zero-order chi connectivity index (χ0) is 10.5. The monoisotopic (exact) mass is 256 g/mol. The number of Topliss-reactive ketones (excluding diaryl/α,β-unsaturated/α-hetero) is 1. The first-order valence-corrected chi connectivity index (χ1v) is 5.24. The Balaban J connectivity index is 2.65. The lowest BCUT2D eigenvalue weighted by molar-refractivity contribution is 0.0863. The van der Waals surface area contributed by atoms with Gasteiger partial charge in [-0.05, 0) is 24.1 Å². The van der Waals surface area contributed by atoms with Crippen molar-refractivity contribution in [2.75, 3.05) is 0 Å². The Hall–Kier alpha value is -0.700. The van der Waals surface area contributed by atoms with Crippen LogP contribution >= 0.6 is 15.9 Å². The number of ketones is 1. The smallest absolute Gasteiger partial charge is 0.169 e. The van der Waals surface area contributed by atoms with Crippen LogP contribution in [0.2, 0.25) is 0 Å². The predicted molar refractivity (Wildman–Crippen MR) is 55.9 cm³/mol. The van der Waals surface area contributed by atoms with E-state index in [9.17, 15) is 9.18 Å². The van der Waals surface area contributed by atoms with E-state index < -0.39 is 5.41 Å². The van der Waals surface area contributed by atoms with Gasteiger partial charge in [0.25, 0.3) is 0 Å². The van der Waals surface area contributed by atoms with E-state index >= 15 is 0 Å². The lowest BCUT2D eigenvalue weighted by Crippen LogP contribution is -2.18. The van der Waals surface area contributed by atoms with Gasteiger partial charge in [-0.1, -0.05) is 29.8 Å². The summed E-state index contributed by atoms with van der Waals surface area (Å²) in [6.07, 6.45) is 0.500. The van der Waals surface area contributed by atoms with Gasteiger partial charge in [-0.15, -0.1) is 0 Å². The molecule has 1 aromatic carbocycles. The molecule has 0 radical (unpaired) electrons. The molecule has 0 spiro atoms. The molecular formula is C11H10BrFO. The van der Waals surface area contributed by atoms with Gasteiger partial charge in [0.1, 0.15) is 5.82 Å². The number of carbonyl (C=O) groups excluding carboxylic acids is 1. The summed E-state index contributed by atoms with van der Waals surface area (Å²) in [4.78, 5) is 11.8. The third kappa shape index (κ3) is 1.31. The summed E-state index contributed by atoms with van der Waals surface area (Å²) >= 11 is 3.19. The van der Waals surface area contributed by atoms with E-state index in [1.807, 2.05) is 13.8 Å². The molecule has 2 rings (SSSR count). The highest BCUT2D eigenvalue weighted by Gasteiger charge is 2.39. The maximum atomic E-state index is 13.5. The maximum Gasteiger partial charge on any atom is 0.169 e. The molecule has 0 heterocycles. The molecule has 0 amide bonds. The highest BCUT2D eigenvalue weighted by molar-refractivity contribution is 9.10. The van der Waals surface area contributed by atoms with Gasteiger partial charge in [0.2, 0.25) is 0 Å². The van der Waals surface area contributed by atoms with Crippen molar-refractivity contribution in [3.63, 3.8) is 0 Å². The molecular weight excluding hydrogens is 247 g/mol. The van der Waals surface area contributed by atoms with Gasteiger partial charge in [0, 0.05) is 15.5 Å². The normalized spacial score (nSPS) is 18.4. The maximum absolute atomic E-state index is 13.5. The number of rotatable bonds is 0. The minimum Gasteiger partial charge on any atom is -0.294 e. The molecule has 14 heavy (non-hydrogen) atoms. The Kier molecular flexibility index (Phi) is 2.03. The van der Waals surface area contributed by atoms with E-state index in [1.54, 1.807) is 6.07 Å². The molecule has 0 aromatic heterocycles. The third-order valence-electron chi connectivity index (χ3n) is 2.64. The van der Waals surface area contributed by atoms with Crippen LogP contribution in [0.4, 0.5) is 4.39 Å². The average Bonchev–Trinajstić information content (AvgIpc) is 2.28. The molecule has 0 N–H and O–H groups in total. The second-order valence-corrected chi connectivity index (χ2v) is 5.22. The minimum atomic E-state index is -0.454.